The van der Waals surface area contributed by atoms with Crippen molar-refractivity contribution in [1.29, 1.82) is 0 Å². The van der Waals surface area contributed by atoms with E-state index in [1.54, 1.807) is 23.1 Å². The van der Waals surface area contributed by atoms with Crippen LogP contribution >= 0.6 is 11.6 Å². The molecule has 0 saturated carbocycles. The maximum atomic E-state index is 13.5. The van der Waals surface area contributed by atoms with Gasteiger partial charge in [0.2, 0.25) is 5.76 Å². The second kappa shape index (κ2) is 7.15. The van der Waals surface area contributed by atoms with Gasteiger partial charge in [0.05, 0.1) is 17.0 Å². The number of benzene rings is 3. The Hall–Kier alpha value is -3.37. The first kappa shape index (κ1) is 18.6. The van der Waals surface area contributed by atoms with E-state index in [0.717, 1.165) is 16.7 Å². The van der Waals surface area contributed by atoms with Gasteiger partial charge >= 0.3 is 0 Å². The minimum atomic E-state index is -0.536. The van der Waals surface area contributed by atoms with Crippen molar-refractivity contribution in [3.8, 4) is 0 Å². The van der Waals surface area contributed by atoms with Crippen LogP contribution in [0.4, 0.5) is 0 Å². The highest BCUT2D eigenvalue weighted by Gasteiger charge is 2.42. The summed E-state index contributed by atoms with van der Waals surface area (Å²) in [4.78, 5) is 28.6. The van der Waals surface area contributed by atoms with E-state index in [1.165, 1.54) is 0 Å². The number of hydrogen-bond acceptors (Lipinski definition) is 3. The quantitative estimate of drug-likeness (QED) is 0.444. The highest BCUT2D eigenvalue weighted by Crippen LogP contribution is 2.39. The Kier molecular flexibility index (Phi) is 4.44. The Morgan fingerprint density at radius 1 is 0.967 bits per heavy atom. The van der Waals surface area contributed by atoms with Crippen LogP contribution in [0, 0.1) is 6.92 Å². The van der Waals surface area contributed by atoms with Gasteiger partial charge in [-0.15, -0.1) is 0 Å². The Balaban J connectivity index is 1.74. The number of halogens is 1. The number of nitrogens with zero attached hydrogens (tertiary/aromatic N) is 1. The number of amides is 1. The molecular weight excluding hydrogens is 398 g/mol. The number of carbonyl (C=O) groups is 1. The van der Waals surface area contributed by atoms with Crippen LogP contribution in [0.15, 0.2) is 82.0 Å². The van der Waals surface area contributed by atoms with Crippen LogP contribution in [-0.2, 0) is 6.54 Å². The number of rotatable bonds is 3. The predicted octanol–water partition coefficient (Wildman–Crippen LogP) is 5.50. The minimum absolute atomic E-state index is 0.118. The third-order valence-corrected chi connectivity index (χ3v) is 5.75. The summed E-state index contributed by atoms with van der Waals surface area (Å²) >= 11 is 6.08. The van der Waals surface area contributed by atoms with Gasteiger partial charge in [-0.1, -0.05) is 65.7 Å². The van der Waals surface area contributed by atoms with Crippen LogP contribution in [-0.4, -0.2) is 10.8 Å². The van der Waals surface area contributed by atoms with Gasteiger partial charge in [0.25, 0.3) is 5.91 Å². The van der Waals surface area contributed by atoms with Crippen LogP contribution in [0.3, 0.4) is 0 Å². The summed E-state index contributed by atoms with van der Waals surface area (Å²) in [5.74, 6) is -0.166. The lowest BCUT2D eigenvalue weighted by Gasteiger charge is -2.25. The smallest absolute Gasteiger partial charge is 0.291 e. The molecule has 148 valence electrons. The summed E-state index contributed by atoms with van der Waals surface area (Å²) in [6.45, 7) is 2.29. The van der Waals surface area contributed by atoms with E-state index in [-0.39, 0.29) is 17.1 Å². The molecule has 0 radical (unpaired) electrons. The van der Waals surface area contributed by atoms with E-state index in [4.69, 9.17) is 16.0 Å². The lowest BCUT2D eigenvalue weighted by molar-refractivity contribution is 0.0714. The van der Waals surface area contributed by atoms with E-state index in [1.807, 2.05) is 61.5 Å². The normalized spacial score (nSPS) is 15.6. The molecule has 4 nitrogen and oxygen atoms in total. The van der Waals surface area contributed by atoms with Crippen molar-refractivity contribution in [2.45, 2.75) is 19.5 Å². The van der Waals surface area contributed by atoms with Gasteiger partial charge in [-0.3, -0.25) is 9.59 Å². The lowest BCUT2D eigenvalue weighted by Crippen LogP contribution is -2.29. The average molecular weight is 416 g/mol. The van der Waals surface area contributed by atoms with E-state index < -0.39 is 6.04 Å². The van der Waals surface area contributed by atoms with Gasteiger partial charge in [0.1, 0.15) is 5.58 Å². The third kappa shape index (κ3) is 3.01. The van der Waals surface area contributed by atoms with Crippen molar-refractivity contribution in [3.05, 3.63) is 116 Å². The fraction of sp³-hybridized carbons (Fsp3) is 0.120. The molecule has 1 atom stereocenters. The van der Waals surface area contributed by atoms with Crippen molar-refractivity contribution in [2.75, 3.05) is 0 Å². The maximum Gasteiger partial charge on any atom is 0.291 e. The number of hydrogen-bond donors (Lipinski definition) is 0. The molecule has 5 heteroatoms. The molecule has 0 unspecified atom stereocenters. The van der Waals surface area contributed by atoms with E-state index >= 15 is 0 Å². The summed E-state index contributed by atoms with van der Waals surface area (Å²) in [7, 11) is 0. The molecule has 0 spiro atoms. The van der Waals surface area contributed by atoms with Crippen molar-refractivity contribution in [3.63, 3.8) is 0 Å². The van der Waals surface area contributed by atoms with Gasteiger partial charge in [-0.2, -0.15) is 0 Å². The number of carbonyl (C=O) groups excluding carboxylic acids is 1. The predicted molar refractivity (Wildman–Crippen MR) is 117 cm³/mol. The average Bonchev–Trinajstić information content (AvgIpc) is 3.02. The van der Waals surface area contributed by atoms with Gasteiger partial charge in [0.15, 0.2) is 5.43 Å². The van der Waals surface area contributed by atoms with Crippen LogP contribution in [0.25, 0.3) is 11.0 Å². The molecule has 1 aromatic heterocycles. The monoisotopic (exact) mass is 415 g/mol. The highest BCUT2D eigenvalue weighted by atomic mass is 35.5. The Labute approximate surface area is 178 Å². The van der Waals surface area contributed by atoms with Crippen molar-refractivity contribution >= 4 is 28.5 Å². The molecule has 5 rings (SSSR count). The van der Waals surface area contributed by atoms with Crippen LogP contribution in [0.5, 0.6) is 0 Å². The van der Waals surface area contributed by atoms with Crippen LogP contribution in [0.2, 0.25) is 5.02 Å². The Bertz CT molecular complexity index is 1330. The highest BCUT2D eigenvalue weighted by molar-refractivity contribution is 6.30. The van der Waals surface area contributed by atoms with Crippen molar-refractivity contribution in [1.82, 2.24) is 4.90 Å². The zero-order chi connectivity index (χ0) is 20.8. The third-order valence-electron chi connectivity index (χ3n) is 5.50. The molecule has 0 bridgehead atoms. The summed E-state index contributed by atoms with van der Waals surface area (Å²) in [5.41, 5.74) is 3.40. The minimum Gasteiger partial charge on any atom is -0.450 e. The van der Waals surface area contributed by atoms with E-state index in [2.05, 4.69) is 0 Å². The first-order valence-corrected chi connectivity index (χ1v) is 10.1. The number of aryl methyl sites for hydroxylation is 1. The van der Waals surface area contributed by atoms with Crippen LogP contribution in [0.1, 0.15) is 38.9 Å². The number of fused-ring (bicyclic) bond motifs is 2. The Morgan fingerprint density at radius 2 is 1.70 bits per heavy atom. The molecule has 0 fully saturated rings. The second-order valence-electron chi connectivity index (χ2n) is 7.55. The summed E-state index contributed by atoms with van der Waals surface area (Å²) < 4.78 is 5.98. The lowest BCUT2D eigenvalue weighted by atomic mass is 9.98. The van der Waals surface area contributed by atoms with Gasteiger partial charge in [0, 0.05) is 11.6 Å². The molecule has 30 heavy (non-hydrogen) atoms. The summed E-state index contributed by atoms with van der Waals surface area (Å²) in [6.07, 6.45) is 0. The zero-order valence-corrected chi connectivity index (χ0v) is 17.0. The first-order valence-electron chi connectivity index (χ1n) is 9.70. The molecule has 4 aromatic rings. The van der Waals surface area contributed by atoms with Crippen molar-refractivity contribution < 1.29 is 9.21 Å². The molecule has 1 aliphatic heterocycles. The zero-order valence-electron chi connectivity index (χ0n) is 16.3. The summed E-state index contributed by atoms with van der Waals surface area (Å²) in [6, 6.07) is 21.9. The fourth-order valence-corrected chi connectivity index (χ4v) is 4.20. The Morgan fingerprint density at radius 3 is 2.43 bits per heavy atom. The summed E-state index contributed by atoms with van der Waals surface area (Å²) in [5, 5.41) is 1.08. The fourth-order valence-electron chi connectivity index (χ4n) is 4.07. The standard InChI is InChI=1S/C25H18ClNO3/c1-15-7-12-20-19(13-15)23(28)21-22(17-8-10-18(26)11-9-17)27(25(29)24(21)30-20)14-16-5-3-2-4-6-16/h2-13,22H,14H2,1H3/t22-/m1/s1. The molecular formula is C25H18ClNO3. The SMILES string of the molecule is Cc1ccc2oc3c(c(=O)c2c1)[C@@H](c1ccc(Cl)cc1)N(Cc1ccccc1)C3=O. The van der Waals surface area contributed by atoms with Crippen LogP contribution < -0.4 is 5.43 Å². The molecule has 1 aliphatic rings. The van der Waals surface area contributed by atoms with Gasteiger partial charge in [-0.05, 0) is 42.3 Å². The van der Waals surface area contributed by atoms with E-state index in [9.17, 15) is 9.59 Å². The maximum absolute atomic E-state index is 13.5. The largest absolute Gasteiger partial charge is 0.450 e. The first-order chi connectivity index (χ1) is 14.5. The topological polar surface area (TPSA) is 50.5 Å². The van der Waals surface area contributed by atoms with Gasteiger partial charge < -0.3 is 9.32 Å². The molecule has 0 aliphatic carbocycles. The molecule has 0 N–H and O–H groups in total. The second-order valence-corrected chi connectivity index (χ2v) is 7.98. The molecule has 0 saturated heterocycles. The molecule has 3 aromatic carbocycles. The van der Waals surface area contributed by atoms with Gasteiger partial charge in [-0.25, -0.2) is 0 Å². The molecule has 2 heterocycles. The molecule has 1 amide bonds. The van der Waals surface area contributed by atoms with Crippen molar-refractivity contribution in [2.24, 2.45) is 0 Å². The van der Waals surface area contributed by atoms with E-state index in [0.29, 0.717) is 28.1 Å².